The van der Waals surface area contributed by atoms with Gasteiger partial charge in [0, 0.05) is 18.6 Å². The molecule has 7 heteroatoms. The van der Waals surface area contributed by atoms with Gasteiger partial charge in [0.25, 0.3) is 5.91 Å². The maximum absolute atomic E-state index is 12.5. The lowest BCUT2D eigenvalue weighted by Gasteiger charge is -2.17. The van der Waals surface area contributed by atoms with Crippen LogP contribution in [0.25, 0.3) is 16.3 Å². The Morgan fingerprint density at radius 3 is 3.00 bits per heavy atom. The zero-order valence-corrected chi connectivity index (χ0v) is 14.1. The summed E-state index contributed by atoms with van der Waals surface area (Å²) in [6.07, 6.45) is 3.24. The van der Waals surface area contributed by atoms with Crippen molar-refractivity contribution in [3.8, 4) is 0 Å². The van der Waals surface area contributed by atoms with Gasteiger partial charge in [0.1, 0.15) is 0 Å². The third kappa shape index (κ3) is 3.82. The molecule has 118 valence electrons. The number of hydrogen-bond donors (Lipinski definition) is 0. The minimum atomic E-state index is -0.130. The van der Waals surface area contributed by atoms with Crippen LogP contribution >= 0.6 is 22.7 Å². The fourth-order valence-electron chi connectivity index (χ4n) is 2.01. The second-order valence-corrected chi connectivity index (χ2v) is 6.42. The van der Waals surface area contributed by atoms with Crippen molar-refractivity contribution in [1.82, 2.24) is 9.97 Å². The van der Waals surface area contributed by atoms with Crippen LogP contribution in [0.3, 0.4) is 0 Å². The molecule has 0 saturated heterocycles. The summed E-state index contributed by atoms with van der Waals surface area (Å²) in [7, 11) is 1.62. The lowest BCUT2D eigenvalue weighted by atomic mass is 10.3. The Kier molecular flexibility index (Phi) is 5.12. The van der Waals surface area contributed by atoms with E-state index in [-0.39, 0.29) is 5.91 Å². The Labute approximate surface area is 141 Å². The molecule has 0 aliphatic rings. The van der Waals surface area contributed by atoms with E-state index in [1.807, 2.05) is 29.6 Å². The minimum absolute atomic E-state index is 0.130. The minimum Gasteiger partial charge on any atom is -0.383 e. The molecule has 1 aromatic carbocycles. The van der Waals surface area contributed by atoms with Gasteiger partial charge in [0.05, 0.1) is 34.6 Å². The summed E-state index contributed by atoms with van der Waals surface area (Å²) in [6, 6.07) is 7.85. The normalized spacial score (nSPS) is 11.3. The maximum Gasteiger partial charge on any atom is 0.252 e. The zero-order chi connectivity index (χ0) is 16.1. The molecule has 23 heavy (non-hydrogen) atoms. The average molecular weight is 345 g/mol. The highest BCUT2D eigenvalue weighted by molar-refractivity contribution is 7.22. The van der Waals surface area contributed by atoms with Crippen LogP contribution in [0.5, 0.6) is 0 Å². The summed E-state index contributed by atoms with van der Waals surface area (Å²) < 4.78 is 6.17. The summed E-state index contributed by atoms with van der Waals surface area (Å²) in [4.78, 5) is 22.9. The standard InChI is InChI=1S/C16H15N3O2S2/c1-21-9-8-19(15(20)7-6-12-10-22-11-17-12)16-18-13-4-2-3-5-14(13)23-16/h2-7,10-11H,8-9H2,1H3/b7-6-. The van der Waals surface area contributed by atoms with Crippen LogP contribution in [0.4, 0.5) is 5.13 Å². The van der Waals surface area contributed by atoms with Crippen molar-refractivity contribution in [1.29, 1.82) is 0 Å². The van der Waals surface area contributed by atoms with Gasteiger partial charge in [-0.05, 0) is 18.2 Å². The number of hydrogen-bond acceptors (Lipinski definition) is 6. The fourth-order valence-corrected chi connectivity index (χ4v) is 3.53. The van der Waals surface area contributed by atoms with Crippen LogP contribution in [0, 0.1) is 0 Å². The van der Waals surface area contributed by atoms with Crippen molar-refractivity contribution < 1.29 is 9.53 Å². The molecule has 2 aromatic heterocycles. The van der Waals surface area contributed by atoms with Crippen LogP contribution in [0.1, 0.15) is 5.69 Å². The first-order valence-electron chi connectivity index (χ1n) is 7.00. The largest absolute Gasteiger partial charge is 0.383 e. The molecule has 0 N–H and O–H groups in total. The monoisotopic (exact) mass is 345 g/mol. The highest BCUT2D eigenvalue weighted by Gasteiger charge is 2.17. The molecule has 0 radical (unpaired) electrons. The van der Waals surface area contributed by atoms with Gasteiger partial charge in [-0.15, -0.1) is 11.3 Å². The van der Waals surface area contributed by atoms with E-state index in [9.17, 15) is 4.79 Å². The number of fused-ring (bicyclic) bond motifs is 1. The Balaban J connectivity index is 1.85. The van der Waals surface area contributed by atoms with Gasteiger partial charge in [-0.25, -0.2) is 9.97 Å². The number of thiazole rings is 2. The number of ether oxygens (including phenoxy) is 1. The molecule has 1 amide bonds. The van der Waals surface area contributed by atoms with E-state index in [0.29, 0.717) is 18.3 Å². The smallest absolute Gasteiger partial charge is 0.252 e. The van der Waals surface area contributed by atoms with Gasteiger partial charge in [-0.1, -0.05) is 23.5 Å². The molecule has 0 bridgehead atoms. The van der Waals surface area contributed by atoms with Gasteiger partial charge < -0.3 is 4.74 Å². The maximum atomic E-state index is 12.5. The van der Waals surface area contributed by atoms with Crippen LogP contribution < -0.4 is 4.90 Å². The predicted octanol–water partition coefficient (Wildman–Crippen LogP) is 3.45. The zero-order valence-electron chi connectivity index (χ0n) is 12.5. The van der Waals surface area contributed by atoms with E-state index < -0.39 is 0 Å². The number of para-hydroxylation sites is 1. The van der Waals surface area contributed by atoms with E-state index in [0.717, 1.165) is 15.9 Å². The first kappa shape index (κ1) is 15.8. The summed E-state index contributed by atoms with van der Waals surface area (Å²) in [6.45, 7) is 0.906. The summed E-state index contributed by atoms with van der Waals surface area (Å²) in [5.41, 5.74) is 3.41. The molecule has 0 unspecified atom stereocenters. The number of nitrogens with zero attached hydrogens (tertiary/aromatic N) is 3. The summed E-state index contributed by atoms with van der Waals surface area (Å²) >= 11 is 2.99. The van der Waals surface area contributed by atoms with Crippen LogP contribution in [0.2, 0.25) is 0 Å². The Morgan fingerprint density at radius 1 is 1.39 bits per heavy atom. The molecule has 0 aliphatic heterocycles. The number of rotatable bonds is 6. The highest BCUT2D eigenvalue weighted by atomic mass is 32.1. The third-order valence-electron chi connectivity index (χ3n) is 3.15. The van der Waals surface area contributed by atoms with Crippen molar-refractivity contribution >= 4 is 50.0 Å². The summed E-state index contributed by atoms with van der Waals surface area (Å²) in [5.74, 6) is -0.130. The highest BCUT2D eigenvalue weighted by Crippen LogP contribution is 2.28. The lowest BCUT2D eigenvalue weighted by Crippen LogP contribution is -2.32. The number of benzene rings is 1. The van der Waals surface area contributed by atoms with Crippen molar-refractivity contribution in [2.75, 3.05) is 25.2 Å². The molecular weight excluding hydrogens is 330 g/mol. The molecule has 0 saturated carbocycles. The van der Waals surface area contributed by atoms with E-state index in [1.54, 1.807) is 23.6 Å². The van der Waals surface area contributed by atoms with E-state index in [2.05, 4.69) is 9.97 Å². The van der Waals surface area contributed by atoms with Gasteiger partial charge in [0.15, 0.2) is 5.13 Å². The quantitative estimate of drug-likeness (QED) is 0.642. The Hall–Kier alpha value is -2.09. The van der Waals surface area contributed by atoms with E-state index in [1.165, 1.54) is 28.7 Å². The number of carbonyl (C=O) groups excluding carboxylic acids is 1. The number of carbonyl (C=O) groups is 1. The van der Waals surface area contributed by atoms with Crippen LogP contribution in [-0.4, -0.2) is 36.1 Å². The molecule has 0 aliphatic carbocycles. The van der Waals surface area contributed by atoms with Gasteiger partial charge >= 0.3 is 0 Å². The number of methoxy groups -OCH3 is 1. The molecule has 5 nitrogen and oxygen atoms in total. The molecular formula is C16H15N3O2S2. The van der Waals surface area contributed by atoms with Gasteiger partial charge in [0.2, 0.25) is 0 Å². The van der Waals surface area contributed by atoms with E-state index >= 15 is 0 Å². The van der Waals surface area contributed by atoms with Crippen LogP contribution in [0.15, 0.2) is 41.2 Å². The average Bonchev–Trinajstić information content (AvgIpc) is 3.22. The first-order chi connectivity index (χ1) is 11.3. The van der Waals surface area contributed by atoms with Crippen molar-refractivity contribution in [2.24, 2.45) is 0 Å². The fraction of sp³-hybridized carbons (Fsp3) is 0.188. The molecule has 0 atom stereocenters. The third-order valence-corrected chi connectivity index (χ3v) is 4.81. The number of aromatic nitrogens is 2. The van der Waals surface area contributed by atoms with Crippen molar-refractivity contribution in [3.05, 3.63) is 46.9 Å². The van der Waals surface area contributed by atoms with Gasteiger partial charge in [-0.3, -0.25) is 9.69 Å². The molecule has 3 rings (SSSR count). The first-order valence-corrected chi connectivity index (χ1v) is 8.76. The molecule has 0 spiro atoms. The SMILES string of the molecule is COCCN(C(=O)/C=C\c1cscn1)c1nc2ccccc2s1. The summed E-state index contributed by atoms with van der Waals surface area (Å²) in [5, 5.41) is 2.57. The van der Waals surface area contributed by atoms with Crippen molar-refractivity contribution in [3.63, 3.8) is 0 Å². The molecule has 0 fully saturated rings. The number of amides is 1. The number of anilines is 1. The topological polar surface area (TPSA) is 55.3 Å². The van der Waals surface area contributed by atoms with Crippen LogP contribution in [-0.2, 0) is 9.53 Å². The lowest BCUT2D eigenvalue weighted by molar-refractivity contribution is -0.114. The predicted molar refractivity (Wildman–Crippen MR) is 95.0 cm³/mol. The Morgan fingerprint density at radius 2 is 2.26 bits per heavy atom. The molecule has 3 aromatic rings. The second kappa shape index (κ2) is 7.45. The van der Waals surface area contributed by atoms with Crippen molar-refractivity contribution in [2.45, 2.75) is 0 Å². The Bertz CT molecular complexity index is 779. The van der Waals surface area contributed by atoms with Gasteiger partial charge in [-0.2, -0.15) is 0 Å². The molecule has 2 heterocycles. The second-order valence-electron chi connectivity index (χ2n) is 4.69. The van der Waals surface area contributed by atoms with E-state index in [4.69, 9.17) is 4.74 Å².